The van der Waals surface area contributed by atoms with Gasteiger partial charge in [-0.2, -0.15) is 0 Å². The first-order valence-corrected chi connectivity index (χ1v) is 8.91. The molecule has 0 spiro atoms. The molecule has 3 aromatic heterocycles. The quantitative estimate of drug-likeness (QED) is 0.477. The summed E-state index contributed by atoms with van der Waals surface area (Å²) in [7, 11) is 0. The Hall–Kier alpha value is -2.99. The van der Waals surface area contributed by atoms with E-state index in [1.165, 1.54) is 18.5 Å². The first-order valence-electron chi connectivity index (χ1n) is 8.53. The molecule has 0 saturated heterocycles. The maximum atomic E-state index is 14.3. The standard InChI is InChI=1S/C20H17ClFN5/c1-11(2)15-9-24-17(14-7-12(21)3-4-16(14)22)8-18(15)27-20-13-5-6-23-19(13)25-10-26-20/h3-11H,1-2H3,(H2,23,24,25,26,27). The SMILES string of the molecule is CC(C)c1cnc(-c2cc(Cl)ccc2F)cc1Nc1ncnc2[nH]ccc12. The number of fused-ring (bicyclic) bond motifs is 1. The lowest BCUT2D eigenvalue weighted by Crippen LogP contribution is -2.02. The molecule has 3 heterocycles. The molecule has 0 unspecified atom stereocenters. The molecule has 5 nitrogen and oxygen atoms in total. The van der Waals surface area contributed by atoms with E-state index < -0.39 is 0 Å². The molecule has 4 aromatic rings. The van der Waals surface area contributed by atoms with E-state index in [4.69, 9.17) is 11.6 Å². The Labute approximate surface area is 160 Å². The van der Waals surface area contributed by atoms with E-state index in [0.29, 0.717) is 22.1 Å². The second kappa shape index (κ2) is 6.96. The third-order valence-electron chi connectivity index (χ3n) is 4.37. The fourth-order valence-corrected chi connectivity index (χ4v) is 3.15. The highest BCUT2D eigenvalue weighted by atomic mass is 35.5. The van der Waals surface area contributed by atoms with Gasteiger partial charge >= 0.3 is 0 Å². The summed E-state index contributed by atoms with van der Waals surface area (Å²) >= 11 is 6.04. The van der Waals surface area contributed by atoms with Crippen molar-refractivity contribution in [1.82, 2.24) is 19.9 Å². The number of H-pyrrole nitrogens is 1. The number of anilines is 2. The van der Waals surface area contributed by atoms with Crippen molar-refractivity contribution in [3.8, 4) is 11.3 Å². The maximum Gasteiger partial charge on any atom is 0.143 e. The molecule has 0 atom stereocenters. The molecule has 0 amide bonds. The maximum absolute atomic E-state index is 14.3. The summed E-state index contributed by atoms with van der Waals surface area (Å²) in [6.07, 6.45) is 5.07. The van der Waals surface area contributed by atoms with Crippen LogP contribution in [0.3, 0.4) is 0 Å². The number of halogens is 2. The molecule has 27 heavy (non-hydrogen) atoms. The molecule has 7 heteroatoms. The van der Waals surface area contributed by atoms with Crippen LogP contribution in [0.5, 0.6) is 0 Å². The lowest BCUT2D eigenvalue weighted by Gasteiger charge is -2.16. The molecular formula is C20H17ClFN5. The zero-order valence-corrected chi connectivity index (χ0v) is 15.5. The van der Waals surface area contributed by atoms with Crippen LogP contribution in [0.15, 0.2) is 49.1 Å². The minimum absolute atomic E-state index is 0.224. The molecule has 0 fully saturated rings. The van der Waals surface area contributed by atoms with Gasteiger partial charge in [0.25, 0.3) is 0 Å². The molecule has 136 valence electrons. The molecule has 0 bridgehead atoms. The van der Waals surface area contributed by atoms with E-state index in [9.17, 15) is 4.39 Å². The molecule has 0 aliphatic rings. The lowest BCUT2D eigenvalue weighted by molar-refractivity contribution is 0.630. The van der Waals surface area contributed by atoms with E-state index in [1.807, 2.05) is 18.3 Å². The minimum Gasteiger partial charge on any atom is -0.346 e. The smallest absolute Gasteiger partial charge is 0.143 e. The molecule has 2 N–H and O–H groups in total. The van der Waals surface area contributed by atoms with Crippen molar-refractivity contribution in [1.29, 1.82) is 0 Å². The average molecular weight is 382 g/mol. The number of rotatable bonds is 4. The largest absolute Gasteiger partial charge is 0.346 e. The van der Waals surface area contributed by atoms with Crippen LogP contribution in [0.25, 0.3) is 22.3 Å². The van der Waals surface area contributed by atoms with Crippen LogP contribution in [0.2, 0.25) is 5.02 Å². The summed E-state index contributed by atoms with van der Waals surface area (Å²) in [6.45, 7) is 4.15. The van der Waals surface area contributed by atoms with E-state index >= 15 is 0 Å². The van der Waals surface area contributed by atoms with Crippen molar-refractivity contribution >= 4 is 34.1 Å². The molecular weight excluding hydrogens is 365 g/mol. The van der Waals surface area contributed by atoms with Crippen molar-refractivity contribution in [2.24, 2.45) is 0 Å². The van der Waals surface area contributed by atoms with Gasteiger partial charge in [-0.3, -0.25) is 4.98 Å². The monoisotopic (exact) mass is 381 g/mol. The van der Waals surface area contributed by atoms with Gasteiger partial charge in [0.2, 0.25) is 0 Å². The van der Waals surface area contributed by atoms with Gasteiger partial charge in [-0.15, -0.1) is 0 Å². The first-order chi connectivity index (χ1) is 13.0. The zero-order chi connectivity index (χ0) is 19.0. The van der Waals surface area contributed by atoms with Crippen LogP contribution < -0.4 is 5.32 Å². The van der Waals surface area contributed by atoms with Crippen molar-refractivity contribution in [3.63, 3.8) is 0 Å². The Morgan fingerprint density at radius 3 is 2.78 bits per heavy atom. The van der Waals surface area contributed by atoms with E-state index in [2.05, 4.69) is 39.1 Å². The predicted octanol–water partition coefficient (Wildman–Crippen LogP) is 5.68. The van der Waals surface area contributed by atoms with Crippen molar-refractivity contribution in [2.45, 2.75) is 19.8 Å². The first kappa shape index (κ1) is 17.4. The zero-order valence-electron chi connectivity index (χ0n) is 14.8. The predicted molar refractivity (Wildman–Crippen MR) is 106 cm³/mol. The Morgan fingerprint density at radius 1 is 1.11 bits per heavy atom. The third kappa shape index (κ3) is 3.36. The second-order valence-corrected chi connectivity index (χ2v) is 6.96. The van der Waals surface area contributed by atoms with E-state index in [0.717, 1.165) is 22.3 Å². The summed E-state index contributed by atoms with van der Waals surface area (Å²) in [4.78, 5) is 16.1. The number of hydrogen-bond acceptors (Lipinski definition) is 4. The average Bonchev–Trinajstić information content (AvgIpc) is 3.13. The number of pyridine rings is 1. The van der Waals surface area contributed by atoms with Crippen molar-refractivity contribution in [3.05, 3.63) is 65.5 Å². The molecule has 0 saturated carbocycles. The van der Waals surface area contributed by atoms with Gasteiger partial charge < -0.3 is 10.3 Å². The summed E-state index contributed by atoms with van der Waals surface area (Å²) in [5, 5.41) is 4.69. The highest BCUT2D eigenvalue weighted by Crippen LogP contribution is 2.33. The summed E-state index contributed by atoms with van der Waals surface area (Å²) in [5.41, 5.74) is 3.42. The van der Waals surface area contributed by atoms with Gasteiger partial charge in [0.15, 0.2) is 0 Å². The van der Waals surface area contributed by atoms with Crippen LogP contribution >= 0.6 is 11.6 Å². The van der Waals surface area contributed by atoms with Crippen LogP contribution in [0.1, 0.15) is 25.3 Å². The van der Waals surface area contributed by atoms with Gasteiger partial charge in [0.05, 0.1) is 11.1 Å². The van der Waals surface area contributed by atoms with Crippen LogP contribution in [0, 0.1) is 5.82 Å². The molecule has 0 radical (unpaired) electrons. The molecule has 1 aromatic carbocycles. The highest BCUT2D eigenvalue weighted by Gasteiger charge is 2.15. The number of hydrogen-bond donors (Lipinski definition) is 2. The van der Waals surface area contributed by atoms with E-state index in [-0.39, 0.29) is 11.7 Å². The molecule has 4 rings (SSSR count). The van der Waals surface area contributed by atoms with Crippen LogP contribution in [-0.2, 0) is 0 Å². The number of nitrogens with zero attached hydrogens (tertiary/aromatic N) is 3. The second-order valence-electron chi connectivity index (χ2n) is 6.52. The number of aromatic nitrogens is 4. The lowest BCUT2D eigenvalue weighted by atomic mass is 10.0. The van der Waals surface area contributed by atoms with Gasteiger partial charge in [0, 0.05) is 28.7 Å². The molecule has 0 aliphatic heterocycles. The normalized spacial score (nSPS) is 11.3. The summed E-state index contributed by atoms with van der Waals surface area (Å²) in [6, 6.07) is 8.17. The fourth-order valence-electron chi connectivity index (χ4n) is 2.97. The summed E-state index contributed by atoms with van der Waals surface area (Å²) < 4.78 is 14.3. The van der Waals surface area contributed by atoms with Crippen LogP contribution in [-0.4, -0.2) is 19.9 Å². The number of aromatic amines is 1. The van der Waals surface area contributed by atoms with Gasteiger partial charge in [-0.1, -0.05) is 25.4 Å². The van der Waals surface area contributed by atoms with Gasteiger partial charge in [-0.25, -0.2) is 14.4 Å². The Morgan fingerprint density at radius 2 is 1.96 bits per heavy atom. The van der Waals surface area contributed by atoms with Crippen molar-refractivity contribution in [2.75, 3.05) is 5.32 Å². The van der Waals surface area contributed by atoms with Gasteiger partial charge in [0.1, 0.15) is 23.6 Å². The topological polar surface area (TPSA) is 66.5 Å². The Kier molecular flexibility index (Phi) is 4.49. The summed E-state index contributed by atoms with van der Waals surface area (Å²) in [5.74, 6) is 0.527. The molecule has 0 aliphatic carbocycles. The fraction of sp³-hybridized carbons (Fsp3) is 0.150. The number of nitrogens with one attached hydrogen (secondary N) is 2. The number of benzene rings is 1. The highest BCUT2D eigenvalue weighted by molar-refractivity contribution is 6.30. The van der Waals surface area contributed by atoms with Crippen molar-refractivity contribution < 1.29 is 4.39 Å². The minimum atomic E-state index is -0.370. The Balaban J connectivity index is 1.83. The third-order valence-corrected chi connectivity index (χ3v) is 4.60. The Bertz CT molecular complexity index is 1120. The van der Waals surface area contributed by atoms with Crippen LogP contribution in [0.4, 0.5) is 15.9 Å². The van der Waals surface area contributed by atoms with E-state index in [1.54, 1.807) is 12.3 Å². The van der Waals surface area contributed by atoms with Gasteiger partial charge in [-0.05, 0) is 41.8 Å².